The Kier molecular flexibility index (Phi) is 4.93. The van der Waals surface area contributed by atoms with E-state index in [2.05, 4.69) is 4.98 Å². The highest BCUT2D eigenvalue weighted by atomic mass is 19.1. The Morgan fingerprint density at radius 3 is 2.96 bits per heavy atom. The lowest BCUT2D eigenvalue weighted by atomic mass is 10.1. The molecule has 1 aromatic heterocycles. The number of allylic oxidation sites excluding steroid dienone is 3. The first-order chi connectivity index (χ1) is 12.1. The summed E-state index contributed by atoms with van der Waals surface area (Å²) in [6.07, 6.45) is 7.60. The van der Waals surface area contributed by atoms with Crippen molar-refractivity contribution >= 4 is 5.91 Å². The number of hydrogen-bond acceptors (Lipinski definition) is 3. The van der Waals surface area contributed by atoms with E-state index in [1.54, 1.807) is 23.2 Å². The maximum Gasteiger partial charge on any atom is 0.273 e. The molecule has 1 amide bonds. The highest BCUT2D eigenvalue weighted by molar-refractivity contribution is 5.96. The molecule has 0 unspecified atom stereocenters. The number of hydrogen-bond donors (Lipinski definition) is 1. The van der Waals surface area contributed by atoms with Gasteiger partial charge in [0, 0.05) is 30.4 Å². The molecule has 0 saturated heterocycles. The van der Waals surface area contributed by atoms with Crippen LogP contribution >= 0.6 is 0 Å². The monoisotopic (exact) mass is 337 g/mol. The van der Waals surface area contributed by atoms with Crippen LogP contribution in [0.3, 0.4) is 0 Å². The molecule has 25 heavy (non-hydrogen) atoms. The van der Waals surface area contributed by atoms with E-state index in [9.17, 15) is 9.18 Å². The average molecular weight is 337 g/mol. The van der Waals surface area contributed by atoms with Crippen LogP contribution < -0.4 is 5.73 Å². The van der Waals surface area contributed by atoms with Crippen LogP contribution in [0, 0.1) is 5.82 Å². The fourth-order valence-electron chi connectivity index (χ4n) is 2.80. The number of benzene rings is 1. The zero-order valence-corrected chi connectivity index (χ0v) is 14.1. The van der Waals surface area contributed by atoms with Gasteiger partial charge in [0.2, 0.25) is 0 Å². The summed E-state index contributed by atoms with van der Waals surface area (Å²) in [4.78, 5) is 18.1. The van der Waals surface area contributed by atoms with E-state index in [1.807, 2.05) is 31.2 Å². The molecule has 1 aromatic carbocycles. The number of carbonyl (C=O) groups is 1. The minimum absolute atomic E-state index is 0.147. The van der Waals surface area contributed by atoms with E-state index in [0.717, 1.165) is 16.7 Å². The molecular formula is C20H20FN3O. The maximum atomic E-state index is 14.4. The van der Waals surface area contributed by atoms with Gasteiger partial charge in [0.25, 0.3) is 5.91 Å². The maximum absolute atomic E-state index is 14.4. The number of carbonyl (C=O) groups excluding carboxylic acids is 1. The second-order valence-electron chi connectivity index (χ2n) is 6.12. The molecule has 0 fully saturated rings. The molecule has 3 rings (SSSR count). The van der Waals surface area contributed by atoms with Crippen LogP contribution in [0.4, 0.5) is 4.39 Å². The van der Waals surface area contributed by atoms with E-state index in [-0.39, 0.29) is 18.3 Å². The molecule has 0 radical (unpaired) electrons. The van der Waals surface area contributed by atoms with Crippen molar-refractivity contribution in [3.05, 3.63) is 88.7 Å². The molecule has 5 heteroatoms. The zero-order valence-electron chi connectivity index (χ0n) is 14.1. The lowest BCUT2D eigenvalue weighted by Crippen LogP contribution is -2.24. The minimum atomic E-state index is -0.297. The molecule has 128 valence electrons. The molecular weight excluding hydrogens is 317 g/mol. The van der Waals surface area contributed by atoms with Crippen LogP contribution in [0.2, 0.25) is 0 Å². The molecule has 4 nitrogen and oxygen atoms in total. The molecule has 0 atom stereocenters. The summed E-state index contributed by atoms with van der Waals surface area (Å²) >= 11 is 0. The number of fused-ring (bicyclic) bond motifs is 1. The molecule has 0 bridgehead atoms. The third kappa shape index (κ3) is 3.76. The Bertz CT molecular complexity index is 858. The van der Waals surface area contributed by atoms with Gasteiger partial charge in [-0.2, -0.15) is 0 Å². The van der Waals surface area contributed by atoms with E-state index >= 15 is 0 Å². The molecule has 1 aliphatic rings. The number of halogens is 1. The number of nitrogens with two attached hydrogens (primary N) is 1. The van der Waals surface area contributed by atoms with Gasteiger partial charge in [-0.05, 0) is 42.8 Å². The van der Waals surface area contributed by atoms with Crippen molar-refractivity contribution in [1.82, 2.24) is 9.88 Å². The zero-order chi connectivity index (χ0) is 17.8. The summed E-state index contributed by atoms with van der Waals surface area (Å²) < 4.78 is 14.4. The number of amides is 1. The van der Waals surface area contributed by atoms with Crippen molar-refractivity contribution in [2.45, 2.75) is 26.4 Å². The van der Waals surface area contributed by atoms with E-state index in [1.165, 1.54) is 12.3 Å². The summed E-state index contributed by atoms with van der Waals surface area (Å²) in [7, 11) is 0. The summed E-state index contributed by atoms with van der Waals surface area (Å²) in [5, 5.41) is 0. The molecule has 2 N–H and O–H groups in total. The summed E-state index contributed by atoms with van der Waals surface area (Å²) in [6, 6.07) is 8.83. The van der Waals surface area contributed by atoms with E-state index in [0.29, 0.717) is 24.2 Å². The van der Waals surface area contributed by atoms with E-state index in [4.69, 9.17) is 5.73 Å². The third-order valence-corrected chi connectivity index (χ3v) is 4.22. The van der Waals surface area contributed by atoms with Crippen molar-refractivity contribution < 1.29 is 9.18 Å². The lowest BCUT2D eigenvalue weighted by molar-refractivity contribution is 0.0761. The van der Waals surface area contributed by atoms with E-state index < -0.39 is 0 Å². The predicted molar refractivity (Wildman–Crippen MR) is 95.0 cm³/mol. The van der Waals surface area contributed by atoms with Crippen molar-refractivity contribution in [2.75, 3.05) is 0 Å². The Morgan fingerprint density at radius 1 is 1.40 bits per heavy atom. The first-order valence-electron chi connectivity index (χ1n) is 8.14. The molecule has 0 saturated carbocycles. The number of rotatable bonds is 5. The van der Waals surface area contributed by atoms with Gasteiger partial charge in [0.05, 0.1) is 0 Å². The van der Waals surface area contributed by atoms with Gasteiger partial charge < -0.3 is 10.6 Å². The van der Waals surface area contributed by atoms with Crippen LogP contribution in [-0.4, -0.2) is 15.8 Å². The van der Waals surface area contributed by atoms with Gasteiger partial charge in [0.15, 0.2) is 0 Å². The van der Waals surface area contributed by atoms with Gasteiger partial charge in [-0.25, -0.2) is 4.39 Å². The Hall–Kier alpha value is -2.95. The summed E-state index contributed by atoms with van der Waals surface area (Å²) in [6.45, 7) is 2.61. The molecule has 0 aliphatic carbocycles. The van der Waals surface area contributed by atoms with Gasteiger partial charge in [-0.1, -0.05) is 30.4 Å². The Labute approximate surface area is 146 Å². The largest absolute Gasteiger partial charge is 0.404 e. The smallest absolute Gasteiger partial charge is 0.273 e. The first-order valence-corrected chi connectivity index (χ1v) is 8.14. The quantitative estimate of drug-likeness (QED) is 0.851. The fraction of sp³-hybridized carbons (Fsp3) is 0.200. The SMILES string of the molecule is CC(=C/N)/C=C/Cc1ccc(CN2Cc3cccnc3C2=O)c(F)c1. The standard InChI is InChI=1S/C20H20FN3O/c1-14(11-22)4-2-5-15-7-8-16(18(21)10-15)12-24-13-17-6-3-9-23-19(17)20(24)25/h2-4,6-11H,5,12-13,22H2,1H3/b4-2+,14-11-. The molecule has 2 aromatic rings. The Morgan fingerprint density at radius 2 is 2.24 bits per heavy atom. The van der Waals surface area contributed by atoms with Crippen LogP contribution in [0.15, 0.2) is 60.5 Å². The second kappa shape index (κ2) is 7.30. The van der Waals surface area contributed by atoms with Gasteiger partial charge in [0.1, 0.15) is 11.5 Å². The topological polar surface area (TPSA) is 59.2 Å². The molecule has 0 spiro atoms. The van der Waals surface area contributed by atoms with Crippen LogP contribution in [0.1, 0.15) is 34.1 Å². The predicted octanol–water partition coefficient (Wildman–Crippen LogP) is 3.34. The van der Waals surface area contributed by atoms with Gasteiger partial charge >= 0.3 is 0 Å². The van der Waals surface area contributed by atoms with Crippen LogP contribution in [-0.2, 0) is 19.5 Å². The average Bonchev–Trinajstić information content (AvgIpc) is 2.93. The summed E-state index contributed by atoms with van der Waals surface area (Å²) in [5.41, 5.74) is 9.10. The second-order valence-corrected chi connectivity index (χ2v) is 6.12. The van der Waals surface area contributed by atoms with Crippen LogP contribution in [0.5, 0.6) is 0 Å². The van der Waals surface area contributed by atoms with Crippen molar-refractivity contribution in [1.29, 1.82) is 0 Å². The number of aromatic nitrogens is 1. The third-order valence-electron chi connectivity index (χ3n) is 4.22. The van der Waals surface area contributed by atoms with Crippen molar-refractivity contribution in [2.24, 2.45) is 5.73 Å². The minimum Gasteiger partial charge on any atom is -0.404 e. The first kappa shape index (κ1) is 16.9. The van der Waals surface area contributed by atoms with Crippen LogP contribution in [0.25, 0.3) is 0 Å². The summed E-state index contributed by atoms with van der Waals surface area (Å²) in [5.74, 6) is -0.445. The Balaban J connectivity index is 1.68. The fourth-order valence-corrected chi connectivity index (χ4v) is 2.80. The van der Waals surface area contributed by atoms with Gasteiger partial charge in [-0.15, -0.1) is 0 Å². The van der Waals surface area contributed by atoms with Gasteiger partial charge in [-0.3, -0.25) is 9.78 Å². The number of nitrogens with zero attached hydrogens (tertiary/aromatic N) is 2. The normalized spacial score (nSPS) is 14.4. The molecule has 1 aliphatic heterocycles. The molecule has 2 heterocycles. The highest BCUT2D eigenvalue weighted by Crippen LogP contribution is 2.23. The lowest BCUT2D eigenvalue weighted by Gasteiger charge is -2.16. The highest BCUT2D eigenvalue weighted by Gasteiger charge is 2.28. The number of pyridine rings is 1. The van der Waals surface area contributed by atoms with Crippen molar-refractivity contribution in [3.8, 4) is 0 Å². The van der Waals surface area contributed by atoms with Crippen molar-refractivity contribution in [3.63, 3.8) is 0 Å².